The number of carboxylic acids is 1. The van der Waals surface area contributed by atoms with Gasteiger partial charge in [-0.05, 0) is 24.3 Å². The van der Waals surface area contributed by atoms with Crippen LogP contribution in [0.3, 0.4) is 0 Å². The van der Waals surface area contributed by atoms with Crippen LogP contribution in [0.15, 0.2) is 36.5 Å². The maximum Gasteiger partial charge on any atom is 0.327 e. The summed E-state index contributed by atoms with van der Waals surface area (Å²) in [5.41, 5.74) is 1.47. The lowest BCUT2D eigenvalue weighted by Gasteiger charge is -2.21. The van der Waals surface area contributed by atoms with Gasteiger partial charge in [-0.3, -0.25) is 4.98 Å². The number of hydrogen-bond acceptors (Lipinski definition) is 4. The van der Waals surface area contributed by atoms with Crippen molar-refractivity contribution in [3.05, 3.63) is 36.5 Å². The standard InChI is InChI=1S/C14H13N3O3S/c18-13(19)12-7-21-8-17(12)14(20)16-10-3-4-11-9(6-10)2-1-5-15-11/h1-6,12H,7-8H2,(H,16,20)(H,18,19)/t12-/m0/s1. The van der Waals surface area contributed by atoms with Gasteiger partial charge in [-0.15, -0.1) is 11.8 Å². The number of carbonyl (C=O) groups excluding carboxylic acids is 1. The van der Waals surface area contributed by atoms with Gasteiger partial charge in [0.25, 0.3) is 0 Å². The number of thioether (sulfide) groups is 1. The lowest BCUT2D eigenvalue weighted by atomic mass is 10.2. The number of pyridine rings is 1. The molecule has 0 radical (unpaired) electrons. The van der Waals surface area contributed by atoms with E-state index in [9.17, 15) is 9.59 Å². The highest BCUT2D eigenvalue weighted by Gasteiger charge is 2.34. The predicted octanol–water partition coefficient (Wildman–Crippen LogP) is 2.23. The van der Waals surface area contributed by atoms with Gasteiger partial charge in [-0.25, -0.2) is 9.59 Å². The van der Waals surface area contributed by atoms with Crippen LogP contribution in [0.4, 0.5) is 10.5 Å². The zero-order valence-corrected chi connectivity index (χ0v) is 11.8. The number of anilines is 1. The van der Waals surface area contributed by atoms with Crippen molar-refractivity contribution >= 4 is 40.4 Å². The van der Waals surface area contributed by atoms with Gasteiger partial charge in [0.1, 0.15) is 6.04 Å². The third-order valence-corrected chi connectivity index (χ3v) is 4.29. The second-order valence-corrected chi connectivity index (χ2v) is 5.66. The topological polar surface area (TPSA) is 82.5 Å². The molecule has 0 saturated carbocycles. The Bertz CT molecular complexity index is 707. The van der Waals surface area contributed by atoms with Crippen LogP contribution in [0, 0.1) is 0 Å². The number of amides is 2. The summed E-state index contributed by atoms with van der Waals surface area (Å²) >= 11 is 1.43. The fraction of sp³-hybridized carbons (Fsp3) is 0.214. The summed E-state index contributed by atoms with van der Waals surface area (Å²) in [6.45, 7) is 0. The van der Waals surface area contributed by atoms with Gasteiger partial charge >= 0.3 is 12.0 Å². The van der Waals surface area contributed by atoms with Crippen LogP contribution in [-0.2, 0) is 4.79 Å². The van der Waals surface area contributed by atoms with E-state index in [2.05, 4.69) is 10.3 Å². The van der Waals surface area contributed by atoms with E-state index in [-0.39, 0.29) is 0 Å². The van der Waals surface area contributed by atoms with Gasteiger partial charge < -0.3 is 15.3 Å². The van der Waals surface area contributed by atoms with Gasteiger partial charge in [-0.2, -0.15) is 0 Å². The van der Waals surface area contributed by atoms with Crippen molar-refractivity contribution in [3.8, 4) is 0 Å². The summed E-state index contributed by atoms with van der Waals surface area (Å²) in [4.78, 5) is 28.8. The molecule has 1 fully saturated rings. The van der Waals surface area contributed by atoms with E-state index >= 15 is 0 Å². The molecule has 1 aliphatic rings. The van der Waals surface area contributed by atoms with E-state index in [0.717, 1.165) is 10.9 Å². The molecule has 2 heterocycles. The fourth-order valence-corrected chi connectivity index (χ4v) is 3.34. The van der Waals surface area contributed by atoms with Crippen molar-refractivity contribution in [3.63, 3.8) is 0 Å². The zero-order chi connectivity index (χ0) is 14.8. The maximum absolute atomic E-state index is 12.2. The van der Waals surface area contributed by atoms with Gasteiger partial charge in [-0.1, -0.05) is 6.07 Å². The van der Waals surface area contributed by atoms with E-state index < -0.39 is 18.0 Å². The molecule has 0 spiro atoms. The number of fused-ring (bicyclic) bond motifs is 1. The number of benzene rings is 1. The lowest BCUT2D eigenvalue weighted by Crippen LogP contribution is -2.43. The number of aromatic nitrogens is 1. The van der Waals surface area contributed by atoms with Crippen LogP contribution in [0.1, 0.15) is 0 Å². The first kappa shape index (κ1) is 13.7. The highest BCUT2D eigenvalue weighted by molar-refractivity contribution is 7.99. The Labute approximate surface area is 125 Å². The third-order valence-electron chi connectivity index (χ3n) is 3.28. The quantitative estimate of drug-likeness (QED) is 0.889. The van der Waals surface area contributed by atoms with Crippen LogP contribution in [0.2, 0.25) is 0 Å². The van der Waals surface area contributed by atoms with E-state index in [1.807, 2.05) is 24.3 Å². The van der Waals surface area contributed by atoms with Crippen molar-refractivity contribution in [2.75, 3.05) is 16.9 Å². The fourth-order valence-electron chi connectivity index (χ4n) is 2.20. The normalized spacial score (nSPS) is 17.9. The Balaban J connectivity index is 1.78. The molecule has 1 saturated heterocycles. The Morgan fingerprint density at radius 2 is 2.24 bits per heavy atom. The molecular formula is C14H13N3O3S. The lowest BCUT2D eigenvalue weighted by molar-refractivity contribution is -0.140. The molecule has 2 amide bonds. The van der Waals surface area contributed by atoms with Crippen LogP contribution < -0.4 is 5.32 Å². The monoisotopic (exact) mass is 303 g/mol. The van der Waals surface area contributed by atoms with E-state index in [1.165, 1.54) is 16.7 Å². The maximum atomic E-state index is 12.2. The first-order chi connectivity index (χ1) is 10.1. The van der Waals surface area contributed by atoms with Gasteiger partial charge in [0.05, 0.1) is 11.4 Å². The molecule has 1 aromatic heterocycles. The summed E-state index contributed by atoms with van der Waals surface area (Å²) in [5.74, 6) is -0.166. The van der Waals surface area contributed by atoms with Crippen molar-refractivity contribution < 1.29 is 14.7 Å². The zero-order valence-electron chi connectivity index (χ0n) is 11.0. The summed E-state index contributed by atoms with van der Waals surface area (Å²) in [6.07, 6.45) is 1.71. The van der Waals surface area contributed by atoms with Gasteiger partial charge in [0.15, 0.2) is 0 Å². The minimum atomic E-state index is -0.974. The van der Waals surface area contributed by atoms with Crippen LogP contribution in [0.5, 0.6) is 0 Å². The molecule has 2 aromatic rings. The molecule has 1 aliphatic heterocycles. The molecule has 108 valence electrons. The molecular weight excluding hydrogens is 290 g/mol. The third kappa shape index (κ3) is 2.78. The Morgan fingerprint density at radius 1 is 1.38 bits per heavy atom. The highest BCUT2D eigenvalue weighted by Crippen LogP contribution is 2.23. The summed E-state index contributed by atoms with van der Waals surface area (Å²) in [7, 11) is 0. The molecule has 0 bridgehead atoms. The smallest absolute Gasteiger partial charge is 0.327 e. The van der Waals surface area contributed by atoms with E-state index in [0.29, 0.717) is 17.3 Å². The number of hydrogen-bond donors (Lipinski definition) is 2. The van der Waals surface area contributed by atoms with Crippen molar-refractivity contribution in [2.45, 2.75) is 6.04 Å². The summed E-state index contributed by atoms with van der Waals surface area (Å²) < 4.78 is 0. The van der Waals surface area contributed by atoms with E-state index in [1.54, 1.807) is 12.3 Å². The molecule has 2 N–H and O–H groups in total. The second kappa shape index (κ2) is 5.61. The largest absolute Gasteiger partial charge is 0.480 e. The molecule has 3 rings (SSSR count). The molecule has 1 aromatic carbocycles. The SMILES string of the molecule is O=C(O)[C@@H]1CSCN1C(=O)Nc1ccc2ncccc2c1. The Hall–Kier alpha value is -2.28. The van der Waals surface area contributed by atoms with Crippen molar-refractivity contribution in [1.29, 1.82) is 0 Å². The van der Waals surface area contributed by atoms with Crippen LogP contribution >= 0.6 is 11.8 Å². The van der Waals surface area contributed by atoms with E-state index in [4.69, 9.17) is 5.11 Å². The average molecular weight is 303 g/mol. The van der Waals surface area contributed by atoms with Crippen molar-refractivity contribution in [2.24, 2.45) is 0 Å². The van der Waals surface area contributed by atoms with Crippen LogP contribution in [0.25, 0.3) is 10.9 Å². The minimum Gasteiger partial charge on any atom is -0.480 e. The molecule has 6 nitrogen and oxygen atoms in total. The molecule has 21 heavy (non-hydrogen) atoms. The Morgan fingerprint density at radius 3 is 3.05 bits per heavy atom. The summed E-state index contributed by atoms with van der Waals surface area (Å²) in [6, 6.07) is 7.96. The molecule has 0 unspecified atom stereocenters. The van der Waals surface area contributed by atoms with Gasteiger partial charge in [0, 0.05) is 23.0 Å². The highest BCUT2D eigenvalue weighted by atomic mass is 32.2. The number of nitrogens with zero attached hydrogens (tertiary/aromatic N) is 2. The molecule has 0 aliphatic carbocycles. The summed E-state index contributed by atoms with van der Waals surface area (Å²) in [5, 5.41) is 12.8. The first-order valence-electron chi connectivity index (χ1n) is 6.38. The van der Waals surface area contributed by atoms with Crippen LogP contribution in [-0.4, -0.2) is 44.7 Å². The number of carbonyl (C=O) groups is 2. The molecule has 1 atom stereocenters. The number of aliphatic carboxylic acids is 1. The minimum absolute atomic E-state index is 0.387. The number of rotatable bonds is 2. The average Bonchev–Trinajstić information content (AvgIpc) is 2.97. The molecule has 7 heteroatoms. The second-order valence-electron chi connectivity index (χ2n) is 4.66. The van der Waals surface area contributed by atoms with Gasteiger partial charge in [0.2, 0.25) is 0 Å². The van der Waals surface area contributed by atoms with Crippen molar-refractivity contribution in [1.82, 2.24) is 9.88 Å². The Kier molecular flexibility index (Phi) is 3.66. The predicted molar refractivity (Wildman–Crippen MR) is 81.3 cm³/mol. The number of nitrogens with one attached hydrogen (secondary N) is 1. The number of carboxylic acid groups (broad SMARTS) is 1. The first-order valence-corrected chi connectivity index (χ1v) is 7.53. The number of urea groups is 1.